The van der Waals surface area contributed by atoms with Crippen molar-refractivity contribution in [3.8, 4) is 0 Å². The molecule has 1 aromatic rings. The molecule has 0 heterocycles. The largest absolute Gasteiger partial charge is 0.481 e. The Morgan fingerprint density at radius 3 is 2.40 bits per heavy atom. The second kappa shape index (κ2) is 7.59. The van der Waals surface area contributed by atoms with Crippen LogP contribution in [-0.4, -0.2) is 46.7 Å². The zero-order valence-corrected chi connectivity index (χ0v) is 11.3. The van der Waals surface area contributed by atoms with Gasteiger partial charge in [-0.1, -0.05) is 6.92 Å². The molecule has 0 fully saturated rings. The maximum atomic E-state index is 12.8. The van der Waals surface area contributed by atoms with Crippen LogP contribution in [0.4, 0.5) is 4.39 Å². The van der Waals surface area contributed by atoms with Crippen LogP contribution < -0.4 is 0 Å². The maximum absolute atomic E-state index is 12.8. The van der Waals surface area contributed by atoms with Crippen molar-refractivity contribution < 1.29 is 24.2 Å². The van der Waals surface area contributed by atoms with Crippen LogP contribution in [0.2, 0.25) is 0 Å². The van der Waals surface area contributed by atoms with Gasteiger partial charge in [0.1, 0.15) is 5.82 Å². The number of carboxylic acids is 1. The van der Waals surface area contributed by atoms with Crippen molar-refractivity contribution in [2.75, 3.05) is 19.7 Å². The quantitative estimate of drug-likeness (QED) is 0.792. The van der Waals surface area contributed by atoms with Crippen LogP contribution in [0.15, 0.2) is 24.3 Å². The summed E-state index contributed by atoms with van der Waals surface area (Å²) < 4.78 is 12.8. The van der Waals surface area contributed by atoms with Gasteiger partial charge in [0.05, 0.1) is 5.92 Å². The van der Waals surface area contributed by atoms with Crippen LogP contribution in [0.1, 0.15) is 23.7 Å². The summed E-state index contributed by atoms with van der Waals surface area (Å²) >= 11 is 0. The number of hydrogen-bond acceptors (Lipinski definition) is 3. The molecule has 6 heteroatoms. The summed E-state index contributed by atoms with van der Waals surface area (Å²) in [7, 11) is 0. The van der Waals surface area contributed by atoms with E-state index in [0.717, 1.165) is 0 Å². The normalized spacial score (nSPS) is 11.9. The molecule has 5 nitrogen and oxygen atoms in total. The Morgan fingerprint density at radius 1 is 1.30 bits per heavy atom. The summed E-state index contributed by atoms with van der Waals surface area (Å²) in [5.74, 6) is -2.52. The van der Waals surface area contributed by atoms with E-state index in [2.05, 4.69) is 0 Å². The van der Waals surface area contributed by atoms with Gasteiger partial charge in [0.25, 0.3) is 5.91 Å². The predicted octanol–water partition coefficient (Wildman–Crippen LogP) is 1.37. The van der Waals surface area contributed by atoms with Gasteiger partial charge in [-0.15, -0.1) is 0 Å². The number of halogens is 1. The first kappa shape index (κ1) is 16.1. The molecule has 1 unspecified atom stereocenters. The smallest absolute Gasteiger partial charge is 0.308 e. The predicted molar refractivity (Wildman–Crippen MR) is 70.8 cm³/mol. The number of amides is 1. The van der Waals surface area contributed by atoms with Gasteiger partial charge >= 0.3 is 5.97 Å². The molecule has 0 saturated carbocycles. The zero-order valence-electron chi connectivity index (χ0n) is 11.3. The topological polar surface area (TPSA) is 77.8 Å². The molecule has 0 aliphatic carbocycles. The van der Waals surface area contributed by atoms with E-state index >= 15 is 0 Å². The highest BCUT2D eigenvalue weighted by atomic mass is 19.1. The monoisotopic (exact) mass is 283 g/mol. The van der Waals surface area contributed by atoms with E-state index in [1.54, 1.807) is 0 Å². The highest BCUT2D eigenvalue weighted by molar-refractivity contribution is 5.94. The van der Waals surface area contributed by atoms with Gasteiger partial charge in [-0.3, -0.25) is 9.59 Å². The SMILES string of the molecule is CC(CN(CCCO)C(=O)c1ccc(F)cc1)C(=O)O. The number of carbonyl (C=O) groups excluding carboxylic acids is 1. The summed E-state index contributed by atoms with van der Waals surface area (Å²) in [6.45, 7) is 1.72. The van der Waals surface area contributed by atoms with Crippen molar-refractivity contribution in [1.82, 2.24) is 4.90 Å². The Labute approximate surface area is 116 Å². The second-order valence-electron chi connectivity index (χ2n) is 4.57. The molecule has 1 amide bonds. The highest BCUT2D eigenvalue weighted by Crippen LogP contribution is 2.10. The molecule has 1 atom stereocenters. The number of carbonyl (C=O) groups is 2. The summed E-state index contributed by atoms with van der Waals surface area (Å²) in [6, 6.07) is 5.07. The Morgan fingerprint density at radius 2 is 1.90 bits per heavy atom. The van der Waals surface area contributed by atoms with Crippen LogP contribution in [0, 0.1) is 11.7 Å². The van der Waals surface area contributed by atoms with Crippen LogP contribution in [0.3, 0.4) is 0 Å². The zero-order chi connectivity index (χ0) is 15.1. The van der Waals surface area contributed by atoms with E-state index in [-0.39, 0.29) is 25.6 Å². The molecule has 0 radical (unpaired) electrons. The fraction of sp³-hybridized carbons (Fsp3) is 0.429. The fourth-order valence-corrected chi connectivity index (χ4v) is 1.72. The first-order valence-corrected chi connectivity index (χ1v) is 6.34. The van der Waals surface area contributed by atoms with Crippen LogP contribution in [0.25, 0.3) is 0 Å². The summed E-state index contributed by atoms with van der Waals surface area (Å²) in [4.78, 5) is 24.5. The molecule has 110 valence electrons. The lowest BCUT2D eigenvalue weighted by Gasteiger charge is -2.24. The number of aliphatic hydroxyl groups is 1. The summed E-state index contributed by atoms with van der Waals surface area (Å²) in [5, 5.41) is 17.8. The Balaban J connectivity index is 2.83. The fourth-order valence-electron chi connectivity index (χ4n) is 1.72. The Hall–Kier alpha value is -1.95. The van der Waals surface area contributed by atoms with Gasteiger partial charge in [0.15, 0.2) is 0 Å². The first-order chi connectivity index (χ1) is 9.45. The number of benzene rings is 1. The van der Waals surface area contributed by atoms with E-state index in [4.69, 9.17) is 10.2 Å². The molecule has 1 aromatic carbocycles. The van der Waals surface area contributed by atoms with Crippen LogP contribution in [0.5, 0.6) is 0 Å². The molecule has 0 aromatic heterocycles. The molecule has 0 spiro atoms. The molecular weight excluding hydrogens is 265 g/mol. The summed E-state index contributed by atoms with van der Waals surface area (Å²) in [6.07, 6.45) is 0.360. The average molecular weight is 283 g/mol. The minimum absolute atomic E-state index is 0.0472. The number of carboxylic acid groups (broad SMARTS) is 1. The van der Waals surface area contributed by atoms with Crippen molar-refractivity contribution in [3.05, 3.63) is 35.6 Å². The minimum Gasteiger partial charge on any atom is -0.481 e. The number of rotatable bonds is 7. The maximum Gasteiger partial charge on any atom is 0.308 e. The van der Waals surface area contributed by atoms with E-state index in [9.17, 15) is 14.0 Å². The van der Waals surface area contributed by atoms with Crippen LogP contribution >= 0.6 is 0 Å². The van der Waals surface area contributed by atoms with Gasteiger partial charge in [-0.05, 0) is 30.7 Å². The Kier molecular flexibility index (Phi) is 6.11. The number of hydrogen-bond donors (Lipinski definition) is 2. The standard InChI is InChI=1S/C14H18FNO4/c1-10(14(19)20)9-16(7-2-8-17)13(18)11-3-5-12(15)6-4-11/h3-6,10,17H,2,7-9H2,1H3,(H,19,20). The van der Waals surface area contributed by atoms with Crippen molar-refractivity contribution in [2.24, 2.45) is 5.92 Å². The first-order valence-electron chi connectivity index (χ1n) is 6.34. The third kappa shape index (κ3) is 4.62. The molecular formula is C14H18FNO4. The lowest BCUT2D eigenvalue weighted by atomic mass is 10.1. The molecule has 0 aliphatic heterocycles. The second-order valence-corrected chi connectivity index (χ2v) is 4.57. The molecule has 1 rings (SSSR count). The molecule has 0 bridgehead atoms. The van der Waals surface area contributed by atoms with E-state index in [0.29, 0.717) is 12.0 Å². The number of nitrogens with zero attached hydrogens (tertiary/aromatic N) is 1. The highest BCUT2D eigenvalue weighted by Gasteiger charge is 2.21. The lowest BCUT2D eigenvalue weighted by molar-refractivity contribution is -0.141. The third-order valence-electron chi connectivity index (χ3n) is 2.88. The third-order valence-corrected chi connectivity index (χ3v) is 2.88. The molecule has 20 heavy (non-hydrogen) atoms. The van der Waals surface area contributed by atoms with Gasteiger partial charge in [0, 0.05) is 25.3 Å². The van der Waals surface area contributed by atoms with E-state index < -0.39 is 17.7 Å². The summed E-state index contributed by atoms with van der Waals surface area (Å²) in [5.41, 5.74) is 0.293. The number of aliphatic carboxylic acids is 1. The van der Waals surface area contributed by atoms with Gasteiger partial charge < -0.3 is 15.1 Å². The van der Waals surface area contributed by atoms with Crippen molar-refractivity contribution in [2.45, 2.75) is 13.3 Å². The molecule has 2 N–H and O–H groups in total. The minimum atomic E-state index is -0.995. The van der Waals surface area contributed by atoms with Crippen molar-refractivity contribution in [1.29, 1.82) is 0 Å². The number of aliphatic hydroxyl groups excluding tert-OH is 1. The van der Waals surface area contributed by atoms with Gasteiger partial charge in [-0.25, -0.2) is 4.39 Å². The van der Waals surface area contributed by atoms with Crippen LogP contribution in [-0.2, 0) is 4.79 Å². The Bertz CT molecular complexity index is 461. The molecule has 0 saturated heterocycles. The van der Waals surface area contributed by atoms with E-state index in [1.807, 2.05) is 0 Å². The van der Waals surface area contributed by atoms with Gasteiger partial charge in [0.2, 0.25) is 0 Å². The molecule has 0 aliphatic rings. The van der Waals surface area contributed by atoms with Gasteiger partial charge in [-0.2, -0.15) is 0 Å². The van der Waals surface area contributed by atoms with Crippen molar-refractivity contribution in [3.63, 3.8) is 0 Å². The van der Waals surface area contributed by atoms with E-state index in [1.165, 1.54) is 36.1 Å². The lowest BCUT2D eigenvalue weighted by Crippen LogP contribution is -2.38. The van der Waals surface area contributed by atoms with Crippen molar-refractivity contribution >= 4 is 11.9 Å². The average Bonchev–Trinajstić information content (AvgIpc) is 2.43.